The number of aryl methyl sites for hydroxylation is 2. The fraction of sp³-hybridized carbons (Fsp3) is 0.227. The molecule has 5 nitrogen and oxygen atoms in total. The van der Waals surface area contributed by atoms with Gasteiger partial charge in [0.1, 0.15) is 5.76 Å². The van der Waals surface area contributed by atoms with Crippen LogP contribution in [0, 0.1) is 13.8 Å². The number of hydrogen-bond donors (Lipinski definition) is 0. The summed E-state index contributed by atoms with van der Waals surface area (Å²) >= 11 is 0.893. The van der Waals surface area contributed by atoms with Crippen molar-refractivity contribution in [3.8, 4) is 5.69 Å². The van der Waals surface area contributed by atoms with Crippen molar-refractivity contribution in [2.24, 2.45) is 0 Å². The van der Waals surface area contributed by atoms with Crippen LogP contribution in [0.25, 0.3) is 16.6 Å². The van der Waals surface area contributed by atoms with E-state index in [4.69, 9.17) is 4.52 Å². The molecule has 12 heteroatoms. The van der Waals surface area contributed by atoms with Gasteiger partial charge in [0.05, 0.1) is 33.4 Å². The van der Waals surface area contributed by atoms with Crippen LogP contribution in [0.5, 0.6) is 0 Å². The Morgan fingerprint density at radius 3 is 2.32 bits per heavy atom. The average Bonchev–Trinajstić information content (AvgIpc) is 3.08. The number of nitrogens with zero attached hydrogens (tertiary/aromatic N) is 3. The van der Waals surface area contributed by atoms with E-state index in [2.05, 4.69) is 10.1 Å². The molecule has 0 amide bonds. The summed E-state index contributed by atoms with van der Waals surface area (Å²) < 4.78 is 87.2. The third-order valence-electron chi connectivity index (χ3n) is 5.14. The van der Waals surface area contributed by atoms with Gasteiger partial charge >= 0.3 is 12.4 Å². The largest absolute Gasteiger partial charge is 0.418 e. The van der Waals surface area contributed by atoms with E-state index in [1.54, 1.807) is 19.9 Å². The van der Waals surface area contributed by atoms with E-state index >= 15 is 0 Å². The van der Waals surface area contributed by atoms with Gasteiger partial charge in [-0.05, 0) is 44.2 Å². The number of rotatable bonds is 4. The molecular formula is C22H15F6N3O2S. The zero-order chi connectivity index (χ0) is 24.8. The Bertz CT molecular complexity index is 1420. The smallest absolute Gasteiger partial charge is 0.361 e. The quantitative estimate of drug-likeness (QED) is 0.187. The van der Waals surface area contributed by atoms with Crippen LogP contribution in [0.1, 0.15) is 28.1 Å². The van der Waals surface area contributed by atoms with E-state index in [0.29, 0.717) is 39.8 Å². The highest BCUT2D eigenvalue weighted by molar-refractivity contribution is 7.98. The molecule has 2 aromatic carbocycles. The molecule has 0 saturated heterocycles. The summed E-state index contributed by atoms with van der Waals surface area (Å²) in [6, 6.07) is 6.91. The zero-order valence-corrected chi connectivity index (χ0v) is 18.4. The molecule has 0 bridgehead atoms. The van der Waals surface area contributed by atoms with Crippen molar-refractivity contribution in [1.29, 1.82) is 0 Å². The van der Waals surface area contributed by atoms with Gasteiger partial charge in [0.25, 0.3) is 5.56 Å². The molecule has 0 atom stereocenters. The molecule has 0 radical (unpaired) electrons. The van der Waals surface area contributed by atoms with Gasteiger partial charge in [0, 0.05) is 11.3 Å². The minimum Gasteiger partial charge on any atom is -0.361 e. The molecule has 2 aromatic heterocycles. The predicted octanol–water partition coefficient (Wildman–Crippen LogP) is 6.32. The van der Waals surface area contributed by atoms with E-state index < -0.39 is 34.7 Å². The summed E-state index contributed by atoms with van der Waals surface area (Å²) in [4.78, 5) is 17.6. The lowest BCUT2D eigenvalue weighted by Gasteiger charge is -2.19. The number of benzene rings is 2. The van der Waals surface area contributed by atoms with Gasteiger partial charge in [-0.15, -0.1) is 0 Å². The molecule has 0 fully saturated rings. The standard InChI is InChI=1S/C22H15F6N3O2S/c1-11-15(12(2)33-30-11)10-34-20-29-17-6-4-3-5-14(17)19(32)31(20)18-9-13(21(23,24)25)7-8-16(18)22(26,27)28/h3-9H,10H2,1-2H3. The Morgan fingerprint density at radius 1 is 1.00 bits per heavy atom. The third kappa shape index (κ3) is 4.41. The number of alkyl halides is 6. The average molecular weight is 499 g/mol. The highest BCUT2D eigenvalue weighted by Crippen LogP contribution is 2.39. The number of para-hydroxylation sites is 1. The van der Waals surface area contributed by atoms with Crippen molar-refractivity contribution < 1.29 is 30.9 Å². The van der Waals surface area contributed by atoms with Crippen LogP contribution in [-0.2, 0) is 18.1 Å². The summed E-state index contributed by atoms with van der Waals surface area (Å²) in [6.45, 7) is 3.31. The summed E-state index contributed by atoms with van der Waals surface area (Å²) in [5, 5.41) is 3.58. The lowest BCUT2D eigenvalue weighted by Crippen LogP contribution is -2.25. The molecule has 2 heterocycles. The topological polar surface area (TPSA) is 60.9 Å². The van der Waals surface area contributed by atoms with Gasteiger partial charge in [-0.1, -0.05) is 29.1 Å². The molecule has 34 heavy (non-hydrogen) atoms. The maximum absolute atomic E-state index is 13.8. The second kappa shape index (κ2) is 8.49. The first-order valence-electron chi connectivity index (χ1n) is 9.73. The number of aromatic nitrogens is 3. The minimum atomic E-state index is -5.02. The summed E-state index contributed by atoms with van der Waals surface area (Å²) in [5.74, 6) is 0.585. The molecule has 4 rings (SSSR count). The zero-order valence-electron chi connectivity index (χ0n) is 17.6. The van der Waals surface area contributed by atoms with Crippen LogP contribution in [0.15, 0.2) is 56.9 Å². The van der Waals surface area contributed by atoms with Crippen molar-refractivity contribution in [2.45, 2.75) is 37.1 Å². The van der Waals surface area contributed by atoms with Gasteiger partial charge in [0.2, 0.25) is 0 Å². The van der Waals surface area contributed by atoms with Gasteiger partial charge in [-0.2, -0.15) is 26.3 Å². The van der Waals surface area contributed by atoms with Gasteiger partial charge in [-0.25, -0.2) is 4.98 Å². The lowest BCUT2D eigenvalue weighted by atomic mass is 10.1. The molecule has 0 aliphatic carbocycles. The molecule has 0 spiro atoms. The highest BCUT2D eigenvalue weighted by atomic mass is 32.2. The second-order valence-electron chi connectivity index (χ2n) is 7.37. The number of hydrogen-bond acceptors (Lipinski definition) is 5. The normalized spacial score (nSPS) is 12.5. The lowest BCUT2D eigenvalue weighted by molar-refractivity contribution is -0.141. The molecule has 0 aliphatic heterocycles. The Hall–Kier alpha value is -3.28. The van der Waals surface area contributed by atoms with Crippen LogP contribution in [-0.4, -0.2) is 14.7 Å². The molecule has 4 aromatic rings. The Balaban J connectivity index is 2.00. The van der Waals surface area contributed by atoms with Crippen LogP contribution >= 0.6 is 11.8 Å². The van der Waals surface area contributed by atoms with Crippen molar-refractivity contribution in [1.82, 2.24) is 14.7 Å². The van der Waals surface area contributed by atoms with E-state index in [9.17, 15) is 31.1 Å². The van der Waals surface area contributed by atoms with Crippen LogP contribution in [0.3, 0.4) is 0 Å². The van der Waals surface area contributed by atoms with Gasteiger partial charge < -0.3 is 4.52 Å². The number of thioether (sulfide) groups is 1. The molecular weight excluding hydrogens is 484 g/mol. The summed E-state index contributed by atoms with van der Waals surface area (Å²) in [5.41, 5.74) is -3.21. The molecule has 0 unspecified atom stereocenters. The Kier molecular flexibility index (Phi) is 5.96. The van der Waals surface area contributed by atoms with E-state index in [0.717, 1.165) is 11.8 Å². The van der Waals surface area contributed by atoms with Crippen LogP contribution in [0.4, 0.5) is 26.3 Å². The second-order valence-corrected chi connectivity index (χ2v) is 8.31. The van der Waals surface area contributed by atoms with Crippen LogP contribution < -0.4 is 5.56 Å². The van der Waals surface area contributed by atoms with Gasteiger partial charge in [0.15, 0.2) is 5.16 Å². The van der Waals surface area contributed by atoms with Crippen molar-refractivity contribution >= 4 is 22.7 Å². The van der Waals surface area contributed by atoms with E-state index in [1.165, 1.54) is 18.2 Å². The summed E-state index contributed by atoms with van der Waals surface area (Å²) in [6.07, 6.45) is -9.94. The molecule has 0 N–H and O–H groups in total. The van der Waals surface area contributed by atoms with E-state index in [-0.39, 0.29) is 21.8 Å². The Morgan fingerprint density at radius 2 is 1.71 bits per heavy atom. The number of fused-ring (bicyclic) bond motifs is 1. The van der Waals surface area contributed by atoms with Crippen molar-refractivity contribution in [2.75, 3.05) is 0 Å². The molecule has 0 saturated carbocycles. The fourth-order valence-electron chi connectivity index (χ4n) is 3.40. The third-order valence-corrected chi connectivity index (χ3v) is 6.11. The maximum Gasteiger partial charge on any atom is 0.418 e. The molecule has 0 aliphatic rings. The minimum absolute atomic E-state index is 0.0327. The van der Waals surface area contributed by atoms with Crippen LogP contribution in [0.2, 0.25) is 0 Å². The first-order chi connectivity index (χ1) is 15.9. The van der Waals surface area contributed by atoms with E-state index in [1.807, 2.05) is 0 Å². The monoisotopic (exact) mass is 499 g/mol. The SMILES string of the molecule is Cc1noc(C)c1CSc1nc2ccccc2c(=O)n1-c1cc(C(F)(F)F)ccc1C(F)(F)F. The number of halogens is 6. The maximum atomic E-state index is 13.8. The Labute approximate surface area is 192 Å². The first-order valence-corrected chi connectivity index (χ1v) is 10.7. The predicted molar refractivity (Wildman–Crippen MR) is 113 cm³/mol. The van der Waals surface area contributed by atoms with Crippen molar-refractivity contribution in [3.05, 3.63) is 81.0 Å². The first kappa shape index (κ1) is 23.9. The molecule has 178 valence electrons. The summed E-state index contributed by atoms with van der Waals surface area (Å²) in [7, 11) is 0. The highest BCUT2D eigenvalue weighted by Gasteiger charge is 2.38. The van der Waals surface area contributed by atoms with Gasteiger partial charge in [-0.3, -0.25) is 9.36 Å². The van der Waals surface area contributed by atoms with Crippen molar-refractivity contribution in [3.63, 3.8) is 0 Å². The fourth-order valence-corrected chi connectivity index (χ4v) is 4.56.